The minimum Gasteiger partial charge on any atom is -0.484 e. The van der Waals surface area contributed by atoms with Crippen molar-refractivity contribution in [3.05, 3.63) is 71.5 Å². The quantitative estimate of drug-likeness (QED) is 0.343. The van der Waals surface area contributed by atoms with Crippen molar-refractivity contribution in [3.8, 4) is 5.75 Å². The number of halogens is 1. The Morgan fingerprint density at radius 1 is 0.933 bits per heavy atom. The fourth-order valence-electron chi connectivity index (χ4n) is 2.21. The number of amides is 2. The minimum atomic E-state index is -0.442. The number of para-hydroxylation sites is 1. The number of hydrogen-bond donors (Lipinski definition) is 5. The third kappa shape index (κ3) is 5.72. The molecule has 0 unspecified atom stereocenters. The van der Waals surface area contributed by atoms with Crippen LogP contribution in [-0.2, 0) is 4.79 Å². The van der Waals surface area contributed by atoms with Crippen LogP contribution in [0.3, 0.4) is 0 Å². The summed E-state index contributed by atoms with van der Waals surface area (Å²) >= 11 is 5.80. The van der Waals surface area contributed by atoms with E-state index in [0.29, 0.717) is 16.3 Å². The Hall–Kier alpha value is -4.05. The molecule has 1 heterocycles. The van der Waals surface area contributed by atoms with Crippen LogP contribution >= 0.6 is 11.6 Å². The van der Waals surface area contributed by atoms with E-state index in [1.54, 1.807) is 48.5 Å². The van der Waals surface area contributed by atoms with E-state index in [1.807, 2.05) is 6.07 Å². The van der Waals surface area contributed by atoms with Gasteiger partial charge in [0.05, 0.1) is 0 Å². The topological polar surface area (TPSA) is 143 Å². The first-order chi connectivity index (χ1) is 14.5. The summed E-state index contributed by atoms with van der Waals surface area (Å²) in [7, 11) is 0. The molecule has 0 aliphatic carbocycles. The van der Waals surface area contributed by atoms with E-state index < -0.39 is 11.8 Å². The summed E-state index contributed by atoms with van der Waals surface area (Å²) in [5.41, 5.74) is 16.5. The Balaban J connectivity index is 1.52. The zero-order chi connectivity index (χ0) is 21.3. The third-order valence-corrected chi connectivity index (χ3v) is 3.97. The van der Waals surface area contributed by atoms with E-state index in [2.05, 4.69) is 31.7 Å². The highest BCUT2D eigenvalue weighted by molar-refractivity contribution is 6.30. The van der Waals surface area contributed by atoms with Crippen LogP contribution in [0, 0.1) is 0 Å². The van der Waals surface area contributed by atoms with Crippen LogP contribution in [0.25, 0.3) is 0 Å². The molecule has 30 heavy (non-hydrogen) atoms. The molecule has 0 saturated heterocycles. The van der Waals surface area contributed by atoms with Gasteiger partial charge in [0.1, 0.15) is 17.8 Å². The predicted molar refractivity (Wildman–Crippen MR) is 113 cm³/mol. The second-order valence-electron chi connectivity index (χ2n) is 5.85. The van der Waals surface area contributed by atoms with Gasteiger partial charge in [0.2, 0.25) is 0 Å². The number of nitrogens with one attached hydrogen (secondary N) is 4. The van der Waals surface area contributed by atoms with E-state index in [-0.39, 0.29) is 23.9 Å². The molecule has 0 saturated carbocycles. The molecule has 1 aromatic heterocycles. The van der Waals surface area contributed by atoms with Crippen LogP contribution in [0.2, 0.25) is 5.02 Å². The van der Waals surface area contributed by atoms with Crippen LogP contribution in [0.4, 0.5) is 17.3 Å². The van der Waals surface area contributed by atoms with Gasteiger partial charge in [0.15, 0.2) is 18.2 Å². The number of nitrogens with two attached hydrogens (primary N) is 1. The maximum Gasteiger partial charge on any atom is 0.276 e. The zero-order valence-electron chi connectivity index (χ0n) is 15.6. The van der Waals surface area contributed by atoms with Crippen LogP contribution in [0.5, 0.6) is 5.75 Å². The van der Waals surface area contributed by atoms with Gasteiger partial charge in [0.25, 0.3) is 11.8 Å². The molecular weight excluding hydrogens is 410 g/mol. The molecule has 11 heteroatoms. The number of aromatic nitrogens is 2. The molecule has 2 aromatic carbocycles. The number of nitrogen functional groups attached to an aromatic ring is 1. The Labute approximate surface area is 176 Å². The second-order valence-corrected chi connectivity index (χ2v) is 6.28. The van der Waals surface area contributed by atoms with Gasteiger partial charge in [0, 0.05) is 10.6 Å². The molecule has 3 rings (SSSR count). The van der Waals surface area contributed by atoms with Gasteiger partial charge in [-0.05, 0) is 36.4 Å². The first kappa shape index (κ1) is 20.7. The van der Waals surface area contributed by atoms with Gasteiger partial charge in [-0.2, -0.15) is 0 Å². The summed E-state index contributed by atoms with van der Waals surface area (Å²) in [4.78, 5) is 32.0. The fraction of sp³-hybridized carbons (Fsp3) is 0.0526. The summed E-state index contributed by atoms with van der Waals surface area (Å²) in [6.07, 6.45) is 1.21. The highest BCUT2D eigenvalue weighted by Gasteiger charge is 2.11. The summed E-state index contributed by atoms with van der Waals surface area (Å²) in [5.74, 6) is -0.00372. The van der Waals surface area contributed by atoms with E-state index in [4.69, 9.17) is 22.1 Å². The second kappa shape index (κ2) is 9.94. The zero-order valence-corrected chi connectivity index (χ0v) is 16.3. The van der Waals surface area contributed by atoms with Gasteiger partial charge < -0.3 is 10.5 Å². The third-order valence-electron chi connectivity index (χ3n) is 3.72. The lowest BCUT2D eigenvalue weighted by Gasteiger charge is -2.14. The molecular formula is C19H18ClN7O3. The summed E-state index contributed by atoms with van der Waals surface area (Å²) in [5, 5.41) is 0.520. The number of nitrogens with zero attached hydrogens (tertiary/aromatic N) is 2. The van der Waals surface area contributed by atoms with Gasteiger partial charge in [-0.3, -0.25) is 31.3 Å². The lowest BCUT2D eigenvalue weighted by molar-refractivity contribution is -0.122. The molecule has 0 aliphatic rings. The maximum absolute atomic E-state index is 12.1. The number of benzene rings is 2. The van der Waals surface area contributed by atoms with Crippen LogP contribution in [-0.4, -0.2) is 28.4 Å². The Morgan fingerprint density at radius 3 is 2.23 bits per heavy atom. The van der Waals surface area contributed by atoms with Crippen LogP contribution in [0.1, 0.15) is 10.4 Å². The number of rotatable bonds is 8. The standard InChI is InChI=1S/C19H18ClN7O3/c20-13-8-6-12(7-9-13)19(29)27-26-18-16(21)17(22-11-23-18)25-24-15(28)10-30-14-4-2-1-3-5-14/h1-9,11H,10,21H2,(H,24,28)(H,27,29)(H2,22,23,25,26). The van der Waals surface area contributed by atoms with Crippen molar-refractivity contribution in [2.75, 3.05) is 23.2 Å². The number of hydrazine groups is 2. The molecule has 0 aliphatic heterocycles. The minimum absolute atomic E-state index is 0.0817. The highest BCUT2D eigenvalue weighted by atomic mass is 35.5. The first-order valence-electron chi connectivity index (χ1n) is 8.68. The number of hydrogen-bond acceptors (Lipinski definition) is 8. The van der Waals surface area contributed by atoms with Crippen molar-refractivity contribution in [3.63, 3.8) is 0 Å². The average molecular weight is 428 g/mol. The predicted octanol–water partition coefficient (Wildman–Crippen LogP) is 1.99. The average Bonchev–Trinajstić information content (AvgIpc) is 2.77. The highest BCUT2D eigenvalue weighted by Crippen LogP contribution is 2.21. The van der Waals surface area contributed by atoms with Crippen molar-refractivity contribution >= 4 is 40.7 Å². The van der Waals surface area contributed by atoms with Crippen molar-refractivity contribution in [1.29, 1.82) is 0 Å². The monoisotopic (exact) mass is 427 g/mol. The van der Waals surface area contributed by atoms with Crippen LogP contribution < -0.4 is 32.2 Å². The molecule has 0 fully saturated rings. The lowest BCUT2D eigenvalue weighted by atomic mass is 10.2. The van der Waals surface area contributed by atoms with Gasteiger partial charge >= 0.3 is 0 Å². The van der Waals surface area contributed by atoms with Gasteiger partial charge in [-0.1, -0.05) is 29.8 Å². The normalized spacial score (nSPS) is 10.0. The van der Waals surface area contributed by atoms with E-state index in [9.17, 15) is 9.59 Å². The largest absolute Gasteiger partial charge is 0.484 e. The molecule has 6 N–H and O–H groups in total. The molecule has 10 nitrogen and oxygen atoms in total. The first-order valence-corrected chi connectivity index (χ1v) is 9.06. The molecule has 154 valence electrons. The van der Waals surface area contributed by atoms with Crippen molar-refractivity contribution in [2.45, 2.75) is 0 Å². The number of anilines is 3. The summed E-state index contributed by atoms with van der Waals surface area (Å²) in [6.45, 7) is -0.204. The number of carbonyl (C=O) groups is 2. The molecule has 2 amide bonds. The Morgan fingerprint density at radius 2 is 1.57 bits per heavy atom. The van der Waals surface area contributed by atoms with Gasteiger partial charge in [-0.25, -0.2) is 9.97 Å². The van der Waals surface area contributed by atoms with E-state index in [0.717, 1.165) is 0 Å². The molecule has 0 spiro atoms. The lowest BCUT2D eigenvalue weighted by Crippen LogP contribution is -2.34. The van der Waals surface area contributed by atoms with E-state index in [1.165, 1.54) is 6.33 Å². The summed E-state index contributed by atoms with van der Waals surface area (Å²) < 4.78 is 5.34. The Bertz CT molecular complexity index is 1020. The van der Waals surface area contributed by atoms with Crippen molar-refractivity contribution in [2.24, 2.45) is 0 Å². The molecule has 0 bridgehead atoms. The van der Waals surface area contributed by atoms with Crippen molar-refractivity contribution in [1.82, 2.24) is 20.8 Å². The van der Waals surface area contributed by atoms with Crippen LogP contribution in [0.15, 0.2) is 60.9 Å². The molecule has 0 atom stereocenters. The fourth-order valence-corrected chi connectivity index (χ4v) is 2.34. The smallest absolute Gasteiger partial charge is 0.276 e. The Kier molecular flexibility index (Phi) is 6.85. The SMILES string of the molecule is Nc1c(NNC(=O)COc2ccccc2)ncnc1NNC(=O)c1ccc(Cl)cc1. The van der Waals surface area contributed by atoms with E-state index >= 15 is 0 Å². The van der Waals surface area contributed by atoms with Gasteiger partial charge in [-0.15, -0.1) is 0 Å². The number of carbonyl (C=O) groups excluding carboxylic acids is 2. The maximum atomic E-state index is 12.1. The summed E-state index contributed by atoms with van der Waals surface area (Å²) in [6, 6.07) is 15.3. The number of ether oxygens (including phenoxy) is 1. The molecule has 3 aromatic rings. The van der Waals surface area contributed by atoms with Crippen molar-refractivity contribution < 1.29 is 14.3 Å². The molecule has 0 radical (unpaired) electrons.